The molecular weight excluding hydrogens is 775 g/mol. The topological polar surface area (TPSA) is 0 Å². The van der Waals surface area contributed by atoms with Gasteiger partial charge in [-0.15, -0.1) is 24.8 Å². The van der Waals surface area contributed by atoms with Crippen molar-refractivity contribution >= 4 is 34.6 Å². The Morgan fingerprint density at radius 1 is 0.741 bits per heavy atom. The van der Waals surface area contributed by atoms with Gasteiger partial charge in [-0.25, -0.2) is 0 Å². The normalized spacial score (nSPS) is 27.5. The van der Waals surface area contributed by atoms with Crippen LogP contribution in [0.4, 0.5) is 0 Å². The second kappa shape index (κ2) is 13.1. The quantitative estimate of drug-likeness (QED) is 0.232. The summed E-state index contributed by atoms with van der Waals surface area (Å²) in [7, 11) is 0. The third-order valence-corrected chi connectivity index (χ3v) is 42.3. The predicted molar refractivity (Wildman–Crippen MR) is 237 cm³/mol. The predicted octanol–water partition coefficient (Wildman–Crippen LogP) is 14.5. The van der Waals surface area contributed by atoms with Crippen molar-refractivity contribution in [3.05, 3.63) is 158 Å². The van der Waals surface area contributed by atoms with Gasteiger partial charge >= 0.3 is 319 Å². The summed E-state index contributed by atoms with van der Waals surface area (Å²) in [5.41, 5.74) is 12.3. The molecule has 3 unspecified atom stereocenters. The minimum atomic E-state index is -5.07. The van der Waals surface area contributed by atoms with E-state index in [4.69, 9.17) is 4.21 Å². The van der Waals surface area contributed by atoms with E-state index in [0.29, 0.717) is 5.92 Å². The molecule has 5 aliphatic rings. The molecule has 0 saturated heterocycles. The first-order valence-corrected chi connectivity index (χ1v) is 27.3. The molecule has 0 N–H and O–H groups in total. The fourth-order valence-electron chi connectivity index (χ4n) is 14.0. The standard InChI is InChI=1S/C29H37.C9H11.C7H7.C5H5.CH2.2ClH.Zr/c1-18-25-22-17-19-13-9-10-14-20(19)24(22)21-15-11-12-16-23(21)29(25,8)28(6,7)27(4,5)26(18,2)3;1-8(2)9-6-4-3-5-7-9;1-7-5-3-2-4-6-7;1-2-4-5-3-1;;;;/h9-11,13-15,23H,12,16-17H2,1-8H3;3-7H,1-2H3;2-6H,1H2;1-3H,4H2;1H2;2*1H;. The molecule has 0 nitrogen and oxygen atoms in total. The zero-order chi connectivity index (χ0) is 37.2. The van der Waals surface area contributed by atoms with Crippen molar-refractivity contribution in [2.75, 3.05) is 0 Å². The Morgan fingerprint density at radius 2 is 1.35 bits per heavy atom. The van der Waals surface area contributed by atoms with Crippen molar-refractivity contribution in [1.29, 1.82) is 0 Å². The van der Waals surface area contributed by atoms with Crippen LogP contribution in [-0.2, 0) is 32.0 Å². The Balaban J connectivity index is 0.00000249. The van der Waals surface area contributed by atoms with Gasteiger partial charge in [0.1, 0.15) is 0 Å². The van der Waals surface area contributed by atoms with E-state index in [9.17, 15) is 0 Å². The fourth-order valence-corrected chi connectivity index (χ4v) is 37.7. The Morgan fingerprint density at radius 3 is 1.98 bits per heavy atom. The SMILES string of the molecule is Cl.Cl.[CH2]=[Zr]([CH2]c1ccccc1)([C]1=CC=CC1)([C](C)(C)c1ccccc1)[C]1(C)C2=C3Cc4ccccc4C3=C3C=CCCC3C2(C)C(C)(C)C(C)(C)C1(C)C. The molecule has 0 spiro atoms. The molecule has 0 heterocycles. The molecule has 0 bridgehead atoms. The van der Waals surface area contributed by atoms with E-state index in [1.165, 1.54) is 28.7 Å². The van der Waals surface area contributed by atoms with E-state index in [1.807, 2.05) is 0 Å². The summed E-state index contributed by atoms with van der Waals surface area (Å²) < 4.78 is 8.58. The van der Waals surface area contributed by atoms with Gasteiger partial charge < -0.3 is 0 Å². The zero-order valence-electron chi connectivity index (χ0n) is 34.6. The average Bonchev–Trinajstić information content (AvgIpc) is 3.81. The van der Waals surface area contributed by atoms with Crippen LogP contribution in [0.1, 0.15) is 111 Å². The maximum atomic E-state index is 6.26. The molecule has 0 aromatic heterocycles. The number of halogens is 2. The Bertz CT molecular complexity index is 2200. The van der Waals surface area contributed by atoms with E-state index in [0.717, 1.165) is 23.4 Å². The summed E-state index contributed by atoms with van der Waals surface area (Å²) in [6.45, 7) is 27.0. The number of allylic oxidation sites excluding steroid dienone is 10. The van der Waals surface area contributed by atoms with Crippen LogP contribution in [0.3, 0.4) is 0 Å². The van der Waals surface area contributed by atoms with Gasteiger partial charge in [-0.2, -0.15) is 0 Å². The van der Waals surface area contributed by atoms with E-state index >= 15 is 0 Å². The summed E-state index contributed by atoms with van der Waals surface area (Å²) in [5.74, 6) is 0.446. The molecule has 1 saturated carbocycles. The van der Waals surface area contributed by atoms with Gasteiger partial charge in [0.2, 0.25) is 0 Å². The van der Waals surface area contributed by atoms with Crippen LogP contribution in [-0.4, -0.2) is 4.21 Å². The molecule has 5 aliphatic carbocycles. The summed E-state index contributed by atoms with van der Waals surface area (Å²) in [4.78, 5) is 0. The molecule has 3 aromatic rings. The molecule has 3 heteroatoms. The number of rotatable bonds is 6. The van der Waals surface area contributed by atoms with Crippen LogP contribution >= 0.6 is 24.8 Å². The number of hydrogen-bond acceptors (Lipinski definition) is 0. The van der Waals surface area contributed by atoms with E-state index < -0.39 is 18.3 Å². The molecule has 0 amide bonds. The van der Waals surface area contributed by atoms with E-state index in [1.54, 1.807) is 25.6 Å². The van der Waals surface area contributed by atoms with Gasteiger partial charge in [-0.05, 0) is 0 Å². The molecule has 286 valence electrons. The summed E-state index contributed by atoms with van der Waals surface area (Å²) >= 11 is -5.07. The molecule has 3 aromatic carbocycles. The second-order valence-electron chi connectivity index (χ2n) is 19.9. The summed E-state index contributed by atoms with van der Waals surface area (Å²) in [6, 6.07) is 32.7. The van der Waals surface area contributed by atoms with E-state index in [-0.39, 0.29) is 52.7 Å². The molecule has 0 radical (unpaired) electrons. The summed E-state index contributed by atoms with van der Waals surface area (Å²) in [6.07, 6.45) is 16.8. The van der Waals surface area contributed by atoms with Crippen LogP contribution in [0.15, 0.2) is 135 Å². The van der Waals surface area contributed by atoms with Gasteiger partial charge in [0.05, 0.1) is 0 Å². The van der Waals surface area contributed by atoms with Gasteiger partial charge in [-0.1, -0.05) is 0 Å². The molecule has 0 aliphatic heterocycles. The van der Waals surface area contributed by atoms with Gasteiger partial charge in [-0.3, -0.25) is 0 Å². The van der Waals surface area contributed by atoms with Gasteiger partial charge in [0.25, 0.3) is 0 Å². The maximum absolute atomic E-state index is 6.26. The first-order valence-electron chi connectivity index (χ1n) is 20.1. The molecule has 1 fully saturated rings. The first kappa shape index (κ1) is 41.3. The van der Waals surface area contributed by atoms with Crippen LogP contribution in [0.25, 0.3) is 5.57 Å². The van der Waals surface area contributed by atoms with Crippen molar-refractivity contribution < 1.29 is 18.3 Å². The first-order chi connectivity index (χ1) is 24.4. The fraction of sp³-hybridized carbons (Fsp3) is 0.431. The number of benzene rings is 3. The van der Waals surface area contributed by atoms with Crippen molar-refractivity contribution in [2.24, 2.45) is 27.6 Å². The Kier molecular flexibility index (Phi) is 10.0. The van der Waals surface area contributed by atoms with Gasteiger partial charge in [0, 0.05) is 0 Å². The van der Waals surface area contributed by atoms with Crippen LogP contribution in [0.5, 0.6) is 0 Å². The number of hydrogen-bond donors (Lipinski definition) is 0. The third kappa shape index (κ3) is 4.56. The Hall–Kier alpha value is -2.31. The zero-order valence-corrected chi connectivity index (χ0v) is 38.7. The minimum absolute atomic E-state index is 0. The average molecular weight is 839 g/mol. The number of fused-ring (bicyclic) bond motifs is 6. The monoisotopic (exact) mass is 836 g/mol. The van der Waals surface area contributed by atoms with Crippen LogP contribution in [0, 0.1) is 27.6 Å². The molecule has 3 atom stereocenters. The van der Waals surface area contributed by atoms with Crippen LogP contribution in [0.2, 0.25) is 3.12 Å². The second-order valence-corrected chi connectivity index (χ2v) is 36.2. The summed E-state index contributed by atoms with van der Waals surface area (Å²) in [5, 5.41) is 0. The van der Waals surface area contributed by atoms with E-state index in [2.05, 4.69) is 185 Å². The van der Waals surface area contributed by atoms with Crippen molar-refractivity contribution in [3.8, 4) is 0 Å². The molecular formula is C51H64Cl2Zr. The van der Waals surface area contributed by atoms with Gasteiger partial charge in [0.15, 0.2) is 0 Å². The van der Waals surface area contributed by atoms with Crippen molar-refractivity contribution in [1.82, 2.24) is 0 Å². The van der Waals surface area contributed by atoms with Crippen LogP contribution < -0.4 is 0 Å². The van der Waals surface area contributed by atoms with Crippen molar-refractivity contribution in [3.63, 3.8) is 0 Å². The molecule has 54 heavy (non-hydrogen) atoms. The third-order valence-electron chi connectivity index (χ3n) is 18.4. The molecule has 8 rings (SSSR count). The Labute approximate surface area is 340 Å². The van der Waals surface area contributed by atoms with Crippen molar-refractivity contribution in [2.45, 2.75) is 105 Å².